The van der Waals surface area contributed by atoms with Crippen LogP contribution in [-0.4, -0.2) is 9.38 Å². The molecule has 2 heteroatoms. The summed E-state index contributed by atoms with van der Waals surface area (Å²) in [5.41, 5.74) is 2.92. The van der Waals surface area contributed by atoms with Crippen LogP contribution in [0, 0.1) is 5.41 Å². The molecule has 0 bridgehead atoms. The summed E-state index contributed by atoms with van der Waals surface area (Å²) in [6.07, 6.45) is 6.90. The van der Waals surface area contributed by atoms with Crippen LogP contribution in [0.5, 0.6) is 0 Å². The van der Waals surface area contributed by atoms with Crippen LogP contribution >= 0.6 is 0 Å². The van der Waals surface area contributed by atoms with Gasteiger partial charge in [0.25, 0.3) is 0 Å². The Morgan fingerprint density at radius 3 is 2.86 bits per heavy atom. The molecule has 74 valence electrons. The average molecular weight is 188 g/mol. The van der Waals surface area contributed by atoms with Gasteiger partial charge in [-0.05, 0) is 23.5 Å². The number of fused-ring (bicyclic) bond motifs is 1. The monoisotopic (exact) mass is 188 g/mol. The minimum atomic E-state index is 0.326. The average Bonchev–Trinajstić information content (AvgIpc) is 2.49. The lowest BCUT2D eigenvalue weighted by molar-refractivity contribution is 0.412. The number of pyridine rings is 1. The minimum Gasteiger partial charge on any atom is -0.306 e. The van der Waals surface area contributed by atoms with Crippen molar-refractivity contribution < 1.29 is 0 Å². The SMILES string of the molecule is CC(C)(C)Cc1cccn2cncc12. The molecule has 0 saturated heterocycles. The quantitative estimate of drug-likeness (QED) is 0.672. The van der Waals surface area contributed by atoms with Gasteiger partial charge in [0.15, 0.2) is 0 Å². The summed E-state index contributed by atoms with van der Waals surface area (Å²) in [7, 11) is 0. The molecule has 0 spiro atoms. The van der Waals surface area contributed by atoms with Crippen molar-refractivity contribution in [1.82, 2.24) is 9.38 Å². The lowest BCUT2D eigenvalue weighted by Gasteiger charge is -2.18. The zero-order valence-corrected chi connectivity index (χ0v) is 8.99. The van der Waals surface area contributed by atoms with Gasteiger partial charge >= 0.3 is 0 Å². The molecule has 0 saturated carbocycles. The van der Waals surface area contributed by atoms with E-state index < -0.39 is 0 Å². The van der Waals surface area contributed by atoms with Gasteiger partial charge in [0.2, 0.25) is 0 Å². The van der Waals surface area contributed by atoms with Gasteiger partial charge in [0, 0.05) is 6.20 Å². The van der Waals surface area contributed by atoms with E-state index in [-0.39, 0.29) is 0 Å². The Labute approximate surface area is 84.6 Å². The standard InChI is InChI=1S/C12H16N2/c1-12(2,3)7-10-5-4-6-14-9-13-8-11(10)14/h4-6,8-9H,7H2,1-3H3. The molecule has 0 aliphatic heterocycles. The number of hydrogen-bond donors (Lipinski definition) is 0. The maximum Gasteiger partial charge on any atom is 0.0992 e. The molecule has 2 nitrogen and oxygen atoms in total. The molecule has 0 unspecified atom stereocenters. The summed E-state index contributed by atoms with van der Waals surface area (Å²) in [6, 6.07) is 4.26. The highest BCUT2D eigenvalue weighted by molar-refractivity contribution is 5.53. The summed E-state index contributed by atoms with van der Waals surface area (Å²) in [5.74, 6) is 0. The van der Waals surface area contributed by atoms with E-state index in [1.807, 2.05) is 18.7 Å². The molecule has 0 aliphatic rings. The Morgan fingerprint density at radius 1 is 1.36 bits per heavy atom. The fourth-order valence-corrected chi connectivity index (χ4v) is 1.73. The van der Waals surface area contributed by atoms with E-state index in [4.69, 9.17) is 0 Å². The van der Waals surface area contributed by atoms with Crippen LogP contribution < -0.4 is 0 Å². The molecule has 0 fully saturated rings. The Hall–Kier alpha value is -1.31. The van der Waals surface area contributed by atoms with Crippen molar-refractivity contribution in [3.8, 4) is 0 Å². The lowest BCUT2D eigenvalue weighted by atomic mass is 9.88. The number of imidazole rings is 1. The molecule has 0 aliphatic carbocycles. The topological polar surface area (TPSA) is 17.3 Å². The van der Waals surface area contributed by atoms with Crippen molar-refractivity contribution in [3.63, 3.8) is 0 Å². The van der Waals surface area contributed by atoms with Crippen LogP contribution in [0.1, 0.15) is 26.3 Å². The molecule has 2 heterocycles. The predicted molar refractivity (Wildman–Crippen MR) is 58.4 cm³/mol. The second-order valence-corrected chi connectivity index (χ2v) is 4.96. The zero-order chi connectivity index (χ0) is 10.2. The first kappa shape index (κ1) is 9.25. The summed E-state index contributed by atoms with van der Waals surface area (Å²) >= 11 is 0. The van der Waals surface area contributed by atoms with Crippen molar-refractivity contribution >= 4 is 5.52 Å². The second-order valence-electron chi connectivity index (χ2n) is 4.96. The first-order chi connectivity index (χ1) is 6.56. The lowest BCUT2D eigenvalue weighted by Crippen LogP contribution is -2.09. The summed E-state index contributed by atoms with van der Waals surface area (Å²) in [5, 5.41) is 0. The Bertz CT molecular complexity index is 435. The normalized spacial score (nSPS) is 12.2. The number of aromatic nitrogens is 2. The van der Waals surface area contributed by atoms with Crippen molar-refractivity contribution in [2.75, 3.05) is 0 Å². The molecule has 0 aromatic carbocycles. The van der Waals surface area contributed by atoms with Crippen LogP contribution in [0.4, 0.5) is 0 Å². The van der Waals surface area contributed by atoms with Crippen molar-refractivity contribution in [2.45, 2.75) is 27.2 Å². The van der Waals surface area contributed by atoms with Crippen LogP contribution in [0.25, 0.3) is 5.52 Å². The van der Waals surface area contributed by atoms with E-state index in [1.54, 1.807) is 0 Å². The van der Waals surface area contributed by atoms with Gasteiger partial charge in [-0.15, -0.1) is 0 Å². The molecule has 0 atom stereocenters. The number of hydrogen-bond acceptors (Lipinski definition) is 1. The number of nitrogens with zero attached hydrogens (tertiary/aromatic N) is 2. The summed E-state index contributed by atoms with van der Waals surface area (Å²) in [6.45, 7) is 6.77. The highest BCUT2D eigenvalue weighted by atomic mass is 15.0. The van der Waals surface area contributed by atoms with Crippen LogP contribution in [-0.2, 0) is 6.42 Å². The number of rotatable bonds is 1. The van der Waals surface area contributed by atoms with Crippen LogP contribution in [0.15, 0.2) is 30.9 Å². The molecule has 0 N–H and O–H groups in total. The van der Waals surface area contributed by atoms with Crippen LogP contribution in [0.2, 0.25) is 0 Å². The first-order valence-electron chi connectivity index (χ1n) is 4.96. The Kier molecular flexibility index (Phi) is 2.06. The van der Waals surface area contributed by atoms with E-state index >= 15 is 0 Å². The molecule has 0 amide bonds. The Balaban J connectivity index is 2.46. The van der Waals surface area contributed by atoms with Gasteiger partial charge in [-0.25, -0.2) is 4.98 Å². The van der Waals surface area contributed by atoms with Crippen LogP contribution in [0.3, 0.4) is 0 Å². The van der Waals surface area contributed by atoms with Gasteiger partial charge < -0.3 is 4.40 Å². The fraction of sp³-hybridized carbons (Fsp3) is 0.417. The van der Waals surface area contributed by atoms with Gasteiger partial charge in [0.1, 0.15) is 0 Å². The smallest absolute Gasteiger partial charge is 0.0992 e. The highest BCUT2D eigenvalue weighted by Gasteiger charge is 2.13. The third kappa shape index (κ3) is 1.79. The van der Waals surface area contributed by atoms with Gasteiger partial charge in [0.05, 0.1) is 18.0 Å². The largest absolute Gasteiger partial charge is 0.306 e. The van der Waals surface area contributed by atoms with E-state index in [0.29, 0.717) is 5.41 Å². The second kappa shape index (κ2) is 3.12. The molecule has 2 aromatic rings. The van der Waals surface area contributed by atoms with E-state index in [9.17, 15) is 0 Å². The molecule has 2 rings (SSSR count). The van der Waals surface area contributed by atoms with Crippen molar-refractivity contribution in [3.05, 3.63) is 36.4 Å². The van der Waals surface area contributed by atoms with Crippen molar-refractivity contribution in [1.29, 1.82) is 0 Å². The summed E-state index contributed by atoms with van der Waals surface area (Å²) < 4.78 is 2.07. The fourth-order valence-electron chi connectivity index (χ4n) is 1.73. The molecule has 0 radical (unpaired) electrons. The third-order valence-electron chi connectivity index (χ3n) is 2.26. The third-order valence-corrected chi connectivity index (χ3v) is 2.26. The maximum absolute atomic E-state index is 4.15. The minimum absolute atomic E-state index is 0.326. The van der Waals surface area contributed by atoms with Gasteiger partial charge in [-0.2, -0.15) is 0 Å². The van der Waals surface area contributed by atoms with E-state index in [0.717, 1.165) is 6.42 Å². The zero-order valence-electron chi connectivity index (χ0n) is 8.99. The molecular weight excluding hydrogens is 172 g/mol. The summed E-state index contributed by atoms with van der Waals surface area (Å²) in [4.78, 5) is 4.15. The van der Waals surface area contributed by atoms with E-state index in [1.165, 1.54) is 11.1 Å². The van der Waals surface area contributed by atoms with Gasteiger partial charge in [-0.1, -0.05) is 26.8 Å². The van der Waals surface area contributed by atoms with Gasteiger partial charge in [-0.3, -0.25) is 0 Å². The Morgan fingerprint density at radius 2 is 2.14 bits per heavy atom. The first-order valence-corrected chi connectivity index (χ1v) is 4.96. The molecule has 2 aromatic heterocycles. The van der Waals surface area contributed by atoms with E-state index in [2.05, 4.69) is 42.3 Å². The van der Waals surface area contributed by atoms with Crippen molar-refractivity contribution in [2.24, 2.45) is 5.41 Å². The predicted octanol–water partition coefficient (Wildman–Crippen LogP) is 2.92. The molecule has 14 heavy (non-hydrogen) atoms. The maximum atomic E-state index is 4.15. The highest BCUT2D eigenvalue weighted by Crippen LogP contribution is 2.23. The molecular formula is C12H16N2.